The molecule has 1 aromatic heterocycles. The van der Waals surface area contributed by atoms with Gasteiger partial charge < -0.3 is 15.2 Å². The molecular formula is C11H12FN3O3. The second-order valence-corrected chi connectivity index (χ2v) is 3.22. The van der Waals surface area contributed by atoms with E-state index in [0.717, 1.165) is 0 Å². The number of rotatable bonds is 2. The van der Waals surface area contributed by atoms with Gasteiger partial charge in [0.15, 0.2) is 0 Å². The lowest BCUT2D eigenvalue weighted by atomic mass is 10.1. The highest BCUT2D eigenvalue weighted by Crippen LogP contribution is 2.20. The molecule has 0 atom stereocenters. The fraction of sp³-hybridized carbons (Fsp3) is 0.182. The summed E-state index contributed by atoms with van der Waals surface area (Å²) in [6, 6.07) is 6.86. The molecule has 18 heavy (non-hydrogen) atoms. The zero-order valence-electron chi connectivity index (χ0n) is 9.63. The molecular weight excluding hydrogens is 241 g/mol. The van der Waals surface area contributed by atoms with Gasteiger partial charge in [0.2, 0.25) is 0 Å². The van der Waals surface area contributed by atoms with Crippen molar-refractivity contribution < 1.29 is 14.4 Å². The molecule has 0 amide bonds. The summed E-state index contributed by atoms with van der Waals surface area (Å²) >= 11 is 0. The van der Waals surface area contributed by atoms with Gasteiger partial charge >= 0.3 is 5.82 Å². The average Bonchev–Trinajstić information content (AvgIpc) is 2.80. The van der Waals surface area contributed by atoms with Crippen molar-refractivity contribution in [2.75, 3.05) is 6.61 Å². The van der Waals surface area contributed by atoms with Gasteiger partial charge in [-0.1, -0.05) is 5.10 Å². The van der Waals surface area contributed by atoms with E-state index in [9.17, 15) is 14.5 Å². The van der Waals surface area contributed by atoms with Crippen molar-refractivity contribution in [1.82, 2.24) is 10.2 Å². The van der Waals surface area contributed by atoms with E-state index in [1.54, 1.807) is 6.92 Å². The third-order valence-electron chi connectivity index (χ3n) is 1.90. The summed E-state index contributed by atoms with van der Waals surface area (Å²) in [5, 5.41) is 24.0. The van der Waals surface area contributed by atoms with Crippen molar-refractivity contribution in [2.24, 2.45) is 0 Å². The molecule has 0 aliphatic carbocycles. The van der Waals surface area contributed by atoms with E-state index in [-0.39, 0.29) is 18.2 Å². The Hall–Kier alpha value is -2.28. The Morgan fingerprint density at radius 1 is 1.44 bits per heavy atom. The number of H-pyrrole nitrogens is 1. The van der Waals surface area contributed by atoms with Crippen LogP contribution in [0.2, 0.25) is 0 Å². The number of benzene rings is 1. The zero-order chi connectivity index (χ0) is 13.5. The first-order chi connectivity index (χ1) is 8.58. The molecule has 0 bridgehead atoms. The van der Waals surface area contributed by atoms with Gasteiger partial charge in [-0.25, -0.2) is 4.39 Å². The Bertz CT molecular complexity index is 511. The van der Waals surface area contributed by atoms with Crippen molar-refractivity contribution >= 4 is 5.82 Å². The first-order valence-corrected chi connectivity index (χ1v) is 5.15. The fourth-order valence-corrected chi connectivity index (χ4v) is 1.17. The molecule has 2 aromatic rings. The van der Waals surface area contributed by atoms with Gasteiger partial charge in [-0.3, -0.25) is 0 Å². The highest BCUT2D eigenvalue weighted by Gasteiger charge is 2.10. The number of halogens is 1. The Balaban J connectivity index is 0.000000492. The van der Waals surface area contributed by atoms with Crippen LogP contribution in [-0.2, 0) is 0 Å². The molecule has 2 N–H and O–H groups in total. The molecule has 0 aliphatic rings. The Morgan fingerprint density at radius 3 is 2.44 bits per heavy atom. The summed E-state index contributed by atoms with van der Waals surface area (Å²) in [7, 11) is 0. The van der Waals surface area contributed by atoms with Gasteiger partial charge in [0.05, 0.1) is 6.07 Å². The van der Waals surface area contributed by atoms with Gasteiger partial charge in [0.1, 0.15) is 11.5 Å². The molecule has 0 radical (unpaired) electrons. The van der Waals surface area contributed by atoms with Crippen LogP contribution >= 0.6 is 0 Å². The van der Waals surface area contributed by atoms with Crippen LogP contribution in [0.1, 0.15) is 6.92 Å². The lowest BCUT2D eigenvalue weighted by Crippen LogP contribution is -1.86. The third-order valence-corrected chi connectivity index (χ3v) is 1.90. The normalized spacial score (nSPS) is 9.50. The number of hydrogen-bond acceptors (Lipinski definition) is 4. The quantitative estimate of drug-likeness (QED) is 0.633. The van der Waals surface area contributed by atoms with Crippen LogP contribution in [0.4, 0.5) is 10.2 Å². The van der Waals surface area contributed by atoms with Crippen molar-refractivity contribution in [3.8, 4) is 11.3 Å². The monoisotopic (exact) mass is 253 g/mol. The van der Waals surface area contributed by atoms with Gasteiger partial charge in [-0.05, 0) is 36.1 Å². The number of nitrogens with zero attached hydrogens (tertiary/aromatic N) is 2. The van der Waals surface area contributed by atoms with Crippen molar-refractivity contribution in [2.45, 2.75) is 6.92 Å². The van der Waals surface area contributed by atoms with Crippen LogP contribution in [0.15, 0.2) is 30.3 Å². The molecule has 1 aromatic carbocycles. The topological polar surface area (TPSA) is 92.0 Å². The highest BCUT2D eigenvalue weighted by atomic mass is 19.1. The smallest absolute Gasteiger partial charge is 0.343 e. The maximum absolute atomic E-state index is 12.6. The minimum absolute atomic E-state index is 0.186. The van der Waals surface area contributed by atoms with Crippen molar-refractivity contribution in [3.63, 3.8) is 0 Å². The van der Waals surface area contributed by atoms with E-state index >= 15 is 0 Å². The Kier molecular flexibility index (Phi) is 4.94. The molecule has 6 nitrogen and oxygen atoms in total. The molecule has 0 unspecified atom stereocenters. The fourth-order valence-electron chi connectivity index (χ4n) is 1.17. The van der Waals surface area contributed by atoms with E-state index in [1.165, 1.54) is 30.3 Å². The number of aliphatic hydroxyl groups excluding tert-OH is 1. The summed E-state index contributed by atoms with van der Waals surface area (Å²) in [5.74, 6) is -0.543. The van der Waals surface area contributed by atoms with E-state index in [2.05, 4.69) is 10.2 Å². The number of nitrogens with one attached hydrogen (secondary N) is 1. The van der Waals surface area contributed by atoms with Crippen LogP contribution in [0.3, 0.4) is 0 Å². The van der Waals surface area contributed by atoms with Gasteiger partial charge in [-0.15, -0.1) is 5.10 Å². The average molecular weight is 253 g/mol. The van der Waals surface area contributed by atoms with E-state index in [1.807, 2.05) is 0 Å². The van der Waals surface area contributed by atoms with Gasteiger partial charge in [0.25, 0.3) is 0 Å². The molecule has 2 rings (SSSR count). The summed E-state index contributed by atoms with van der Waals surface area (Å²) in [6.45, 7) is 1.93. The number of aliphatic hydroxyl groups is 1. The molecule has 0 spiro atoms. The molecule has 0 saturated heterocycles. The minimum atomic E-state index is -0.569. The van der Waals surface area contributed by atoms with Gasteiger partial charge in [0, 0.05) is 12.2 Å². The van der Waals surface area contributed by atoms with E-state index < -0.39 is 4.92 Å². The summed E-state index contributed by atoms with van der Waals surface area (Å²) in [5.41, 5.74) is 1.04. The van der Waals surface area contributed by atoms with E-state index in [0.29, 0.717) is 11.3 Å². The minimum Gasteiger partial charge on any atom is -0.397 e. The second kappa shape index (κ2) is 6.45. The summed E-state index contributed by atoms with van der Waals surface area (Å²) in [4.78, 5) is 9.80. The summed E-state index contributed by atoms with van der Waals surface area (Å²) in [6.07, 6.45) is 0. The number of aromatic amines is 1. The first-order valence-electron chi connectivity index (χ1n) is 5.15. The van der Waals surface area contributed by atoms with Crippen LogP contribution < -0.4 is 0 Å². The second-order valence-electron chi connectivity index (χ2n) is 3.22. The standard InChI is InChI=1S/C9H6FN3O2.C2H6O/c10-7-3-1-6(2-4-7)8-5-9(12-11-8)13(14)15;1-2-3/h1-5H,(H,11,12);3H,2H2,1H3. The number of nitro groups is 1. The SMILES string of the molecule is CCO.O=[N+]([O-])c1cc(-c2ccc(F)cc2)n[nH]1. The molecule has 0 fully saturated rings. The predicted octanol–water partition coefficient (Wildman–Crippen LogP) is 2.12. The zero-order valence-corrected chi connectivity index (χ0v) is 9.63. The maximum atomic E-state index is 12.6. The molecule has 0 saturated carbocycles. The molecule has 0 aliphatic heterocycles. The van der Waals surface area contributed by atoms with Crippen molar-refractivity contribution in [1.29, 1.82) is 0 Å². The lowest BCUT2D eigenvalue weighted by Gasteiger charge is -1.92. The Morgan fingerprint density at radius 2 is 2.00 bits per heavy atom. The third kappa shape index (κ3) is 3.63. The van der Waals surface area contributed by atoms with Gasteiger partial charge in [-0.2, -0.15) is 0 Å². The van der Waals surface area contributed by atoms with E-state index in [4.69, 9.17) is 5.11 Å². The predicted molar refractivity (Wildman–Crippen MR) is 63.4 cm³/mol. The largest absolute Gasteiger partial charge is 0.397 e. The number of aromatic nitrogens is 2. The van der Waals surface area contributed by atoms with Crippen LogP contribution in [0.25, 0.3) is 11.3 Å². The number of hydrogen-bond donors (Lipinski definition) is 2. The van der Waals surface area contributed by atoms with Crippen LogP contribution in [-0.4, -0.2) is 26.8 Å². The summed E-state index contributed by atoms with van der Waals surface area (Å²) < 4.78 is 12.6. The maximum Gasteiger partial charge on any atom is 0.343 e. The molecule has 96 valence electrons. The van der Waals surface area contributed by atoms with Crippen LogP contribution in [0.5, 0.6) is 0 Å². The lowest BCUT2D eigenvalue weighted by molar-refractivity contribution is -0.389. The molecule has 7 heteroatoms. The Labute approximate surface area is 102 Å². The highest BCUT2D eigenvalue weighted by molar-refractivity contribution is 5.60. The molecule has 1 heterocycles. The first kappa shape index (κ1) is 13.8. The van der Waals surface area contributed by atoms with Crippen LogP contribution in [0, 0.1) is 15.9 Å². The van der Waals surface area contributed by atoms with Crippen molar-refractivity contribution in [3.05, 3.63) is 46.3 Å².